The van der Waals surface area contributed by atoms with Gasteiger partial charge in [0, 0.05) is 26.1 Å². The minimum Gasteiger partial charge on any atom is -0.461 e. The number of carbonyl (C=O) groups is 1. The van der Waals surface area contributed by atoms with Crippen LogP contribution in [0.25, 0.3) is 0 Å². The summed E-state index contributed by atoms with van der Waals surface area (Å²) in [5.74, 6) is 4.83. The van der Waals surface area contributed by atoms with E-state index in [4.69, 9.17) is 16.2 Å². The Hall–Kier alpha value is -0.950. The van der Waals surface area contributed by atoms with E-state index in [0.29, 0.717) is 18.5 Å². The molecule has 0 spiro atoms. The van der Waals surface area contributed by atoms with Crippen LogP contribution < -0.4 is 22.1 Å². The van der Waals surface area contributed by atoms with Gasteiger partial charge in [0.2, 0.25) is 0 Å². The van der Waals surface area contributed by atoms with E-state index in [1.807, 2.05) is 0 Å². The van der Waals surface area contributed by atoms with Crippen molar-refractivity contribution in [3.8, 4) is 0 Å². The number of esters is 1. The Bertz CT molecular complexity index is 876. The van der Waals surface area contributed by atoms with Crippen LogP contribution in [0.3, 0.4) is 0 Å². The standard InChI is InChI=1S/C35H64N4O2/c1-24(2)8-6-9-25(3)29-12-13-30-28-11-10-26-22-27(14-16-34(26,4)31(28)15-17-35(29,30)5)41-33(40)32(37)23-39-20-7-19-38-21-18-36/h10,24-25,27-32,38-39H,6-9,11-23,36-37H2,1-5H3/t25-,27+,28+,29-,30+,31+,32?,34+,35-/m1/s1. The van der Waals surface area contributed by atoms with E-state index in [-0.39, 0.29) is 17.5 Å². The number of nitrogens with one attached hydrogen (secondary N) is 2. The Kier molecular flexibility index (Phi) is 11.8. The summed E-state index contributed by atoms with van der Waals surface area (Å²) in [7, 11) is 0. The van der Waals surface area contributed by atoms with Gasteiger partial charge in [0.15, 0.2) is 0 Å². The molecule has 6 N–H and O–H groups in total. The SMILES string of the molecule is CC(C)CCC[C@@H](C)[C@H]1CC[C@H]2[C@@H]3CC=C4C[C@@H](OC(=O)C(N)CNCCCNCCN)CC[C@]4(C)[C@H]3CC[C@]12C. The summed E-state index contributed by atoms with van der Waals surface area (Å²) in [5, 5.41) is 6.58. The van der Waals surface area contributed by atoms with Gasteiger partial charge in [-0.05, 0) is 111 Å². The van der Waals surface area contributed by atoms with Gasteiger partial charge in [-0.15, -0.1) is 0 Å². The van der Waals surface area contributed by atoms with Crippen LogP contribution in [-0.2, 0) is 9.53 Å². The molecule has 3 fully saturated rings. The smallest absolute Gasteiger partial charge is 0.324 e. The van der Waals surface area contributed by atoms with E-state index < -0.39 is 6.04 Å². The molecule has 6 heteroatoms. The lowest BCUT2D eigenvalue weighted by Crippen LogP contribution is -2.51. The van der Waals surface area contributed by atoms with Crippen molar-refractivity contribution >= 4 is 5.97 Å². The van der Waals surface area contributed by atoms with E-state index >= 15 is 0 Å². The fraction of sp³-hybridized carbons (Fsp3) is 0.914. The minimum absolute atomic E-state index is 0.0266. The average Bonchev–Trinajstić information content (AvgIpc) is 3.29. The fourth-order valence-electron chi connectivity index (χ4n) is 9.91. The summed E-state index contributed by atoms with van der Waals surface area (Å²) < 4.78 is 5.99. The molecule has 0 amide bonds. The first-order chi connectivity index (χ1) is 19.6. The van der Waals surface area contributed by atoms with Crippen LogP contribution in [0.15, 0.2) is 11.6 Å². The maximum Gasteiger partial charge on any atom is 0.324 e. The van der Waals surface area contributed by atoms with Gasteiger partial charge in [-0.2, -0.15) is 0 Å². The molecule has 0 aromatic carbocycles. The molecule has 9 atom stereocenters. The second kappa shape index (κ2) is 14.7. The van der Waals surface area contributed by atoms with Crippen molar-refractivity contribution in [3.05, 3.63) is 11.6 Å². The Labute approximate surface area is 251 Å². The third-order valence-corrected chi connectivity index (χ3v) is 12.2. The van der Waals surface area contributed by atoms with E-state index in [0.717, 1.165) is 80.8 Å². The van der Waals surface area contributed by atoms with Crippen LogP contribution in [0.1, 0.15) is 112 Å². The second-order valence-electron chi connectivity index (χ2n) is 15.3. The van der Waals surface area contributed by atoms with Crippen molar-refractivity contribution in [3.63, 3.8) is 0 Å². The summed E-state index contributed by atoms with van der Waals surface area (Å²) in [6, 6.07) is -0.607. The zero-order valence-electron chi connectivity index (χ0n) is 27.2. The molecule has 0 radical (unpaired) electrons. The van der Waals surface area contributed by atoms with Crippen molar-refractivity contribution in [2.45, 2.75) is 124 Å². The maximum absolute atomic E-state index is 12.8. The van der Waals surface area contributed by atoms with E-state index in [2.05, 4.69) is 51.3 Å². The molecular formula is C35H64N4O2. The highest BCUT2D eigenvalue weighted by Crippen LogP contribution is 2.67. The molecule has 6 nitrogen and oxygen atoms in total. The number of hydrogen-bond acceptors (Lipinski definition) is 6. The number of allylic oxidation sites excluding steroid dienone is 1. The summed E-state index contributed by atoms with van der Waals surface area (Å²) in [6.07, 6.45) is 17.6. The van der Waals surface area contributed by atoms with Gasteiger partial charge in [-0.1, -0.05) is 65.5 Å². The van der Waals surface area contributed by atoms with Gasteiger partial charge in [-0.25, -0.2) is 0 Å². The predicted octanol–water partition coefficient (Wildman–Crippen LogP) is 5.79. The van der Waals surface area contributed by atoms with Gasteiger partial charge in [-0.3, -0.25) is 4.79 Å². The van der Waals surface area contributed by atoms with Crippen LogP contribution in [0.4, 0.5) is 0 Å². The van der Waals surface area contributed by atoms with Crippen molar-refractivity contribution < 1.29 is 9.53 Å². The molecule has 0 aromatic heterocycles. The Morgan fingerprint density at radius 3 is 2.54 bits per heavy atom. The van der Waals surface area contributed by atoms with Crippen molar-refractivity contribution in [1.82, 2.24) is 10.6 Å². The number of carbonyl (C=O) groups excluding carboxylic acids is 1. The maximum atomic E-state index is 12.8. The Morgan fingerprint density at radius 1 is 1.00 bits per heavy atom. The summed E-state index contributed by atoms with van der Waals surface area (Å²) in [6.45, 7) is 16.2. The van der Waals surface area contributed by atoms with Crippen molar-refractivity contribution in [2.75, 3.05) is 32.7 Å². The monoisotopic (exact) mass is 573 g/mol. The molecule has 0 aliphatic heterocycles. The molecule has 41 heavy (non-hydrogen) atoms. The number of fused-ring (bicyclic) bond motifs is 5. The van der Waals surface area contributed by atoms with Gasteiger partial charge >= 0.3 is 5.97 Å². The quantitative estimate of drug-likeness (QED) is 0.112. The highest BCUT2D eigenvalue weighted by Gasteiger charge is 2.59. The van der Waals surface area contributed by atoms with Crippen LogP contribution in [0.5, 0.6) is 0 Å². The number of rotatable bonds is 15. The lowest BCUT2D eigenvalue weighted by molar-refractivity contribution is -0.153. The van der Waals surface area contributed by atoms with Gasteiger partial charge in [0.1, 0.15) is 12.1 Å². The van der Waals surface area contributed by atoms with Crippen molar-refractivity contribution in [1.29, 1.82) is 0 Å². The van der Waals surface area contributed by atoms with E-state index in [9.17, 15) is 4.79 Å². The summed E-state index contributed by atoms with van der Waals surface area (Å²) in [4.78, 5) is 12.8. The third-order valence-electron chi connectivity index (χ3n) is 12.2. The van der Waals surface area contributed by atoms with E-state index in [1.165, 1.54) is 51.4 Å². The van der Waals surface area contributed by atoms with Crippen molar-refractivity contribution in [2.24, 2.45) is 57.8 Å². The molecule has 4 aliphatic carbocycles. The zero-order chi connectivity index (χ0) is 29.6. The van der Waals surface area contributed by atoms with Gasteiger partial charge in [0.05, 0.1) is 0 Å². The number of ether oxygens (including phenoxy) is 1. The molecule has 0 aromatic rings. The lowest BCUT2D eigenvalue weighted by Gasteiger charge is -2.58. The molecule has 236 valence electrons. The molecule has 4 aliphatic rings. The summed E-state index contributed by atoms with van der Waals surface area (Å²) in [5.41, 5.74) is 14.1. The fourth-order valence-corrected chi connectivity index (χ4v) is 9.91. The summed E-state index contributed by atoms with van der Waals surface area (Å²) >= 11 is 0. The average molecular weight is 573 g/mol. The predicted molar refractivity (Wildman–Crippen MR) is 170 cm³/mol. The van der Waals surface area contributed by atoms with Gasteiger partial charge < -0.3 is 26.8 Å². The molecule has 0 heterocycles. The molecule has 0 saturated heterocycles. The lowest BCUT2D eigenvalue weighted by atomic mass is 9.47. The molecular weight excluding hydrogens is 508 g/mol. The molecule has 4 rings (SSSR count). The van der Waals surface area contributed by atoms with Crippen LogP contribution in [-0.4, -0.2) is 50.8 Å². The van der Waals surface area contributed by atoms with Crippen LogP contribution in [0, 0.1) is 46.3 Å². The Balaban J connectivity index is 1.28. The molecule has 1 unspecified atom stereocenters. The Morgan fingerprint density at radius 2 is 1.78 bits per heavy atom. The van der Waals surface area contributed by atoms with Crippen LogP contribution >= 0.6 is 0 Å². The first kappa shape index (κ1) is 33.0. The largest absolute Gasteiger partial charge is 0.461 e. The third kappa shape index (κ3) is 7.59. The molecule has 3 saturated carbocycles. The number of hydrogen-bond donors (Lipinski definition) is 4. The minimum atomic E-state index is -0.607. The van der Waals surface area contributed by atoms with Crippen LogP contribution in [0.2, 0.25) is 0 Å². The molecule has 0 bridgehead atoms. The zero-order valence-corrected chi connectivity index (χ0v) is 27.2. The first-order valence-electron chi connectivity index (χ1n) is 17.4. The first-order valence-corrected chi connectivity index (χ1v) is 17.4. The van der Waals surface area contributed by atoms with Gasteiger partial charge in [0.25, 0.3) is 0 Å². The highest BCUT2D eigenvalue weighted by molar-refractivity contribution is 5.76. The van der Waals surface area contributed by atoms with E-state index in [1.54, 1.807) is 5.57 Å². The number of nitrogens with two attached hydrogens (primary N) is 2. The normalized spacial score (nSPS) is 36.2. The highest BCUT2D eigenvalue weighted by atomic mass is 16.5. The topological polar surface area (TPSA) is 102 Å². The second-order valence-corrected chi connectivity index (χ2v) is 15.3.